The molecule has 2 aromatic rings. The van der Waals surface area contributed by atoms with Crippen LogP contribution in [0.25, 0.3) is 0 Å². The molecule has 0 aliphatic rings. The number of thiophene rings is 1. The molecule has 106 valence electrons. The lowest BCUT2D eigenvalue weighted by molar-refractivity contribution is 0.207. The highest BCUT2D eigenvalue weighted by Crippen LogP contribution is 2.17. The van der Waals surface area contributed by atoms with Crippen molar-refractivity contribution in [1.29, 1.82) is 0 Å². The lowest BCUT2D eigenvalue weighted by Crippen LogP contribution is -2.36. The maximum atomic E-state index is 12.0. The van der Waals surface area contributed by atoms with E-state index in [1.807, 2.05) is 29.6 Å². The maximum Gasteiger partial charge on any atom is 0.317 e. The molecule has 0 saturated heterocycles. The van der Waals surface area contributed by atoms with Crippen LogP contribution in [0.3, 0.4) is 0 Å². The number of hydrogen-bond acceptors (Lipinski definition) is 2. The van der Waals surface area contributed by atoms with Crippen molar-refractivity contribution in [3.63, 3.8) is 0 Å². The summed E-state index contributed by atoms with van der Waals surface area (Å²) in [5, 5.41) is 5.61. The summed E-state index contributed by atoms with van der Waals surface area (Å²) in [5.74, 6) is 0. The lowest BCUT2D eigenvalue weighted by atomic mass is 10.2. The first-order chi connectivity index (χ1) is 9.56. The number of rotatable bonds is 4. The number of nitrogens with zero attached hydrogens (tertiary/aromatic N) is 1. The van der Waals surface area contributed by atoms with Crippen LogP contribution in [0, 0.1) is 6.92 Å². The highest BCUT2D eigenvalue weighted by Gasteiger charge is 2.10. The van der Waals surface area contributed by atoms with Crippen LogP contribution in [0.5, 0.6) is 0 Å². The van der Waals surface area contributed by atoms with Gasteiger partial charge in [-0.3, -0.25) is 0 Å². The predicted molar refractivity (Wildman–Crippen MR) is 84.2 cm³/mol. The molecule has 1 aromatic heterocycles. The second-order valence-electron chi connectivity index (χ2n) is 4.67. The van der Waals surface area contributed by atoms with Gasteiger partial charge in [0.25, 0.3) is 0 Å². The van der Waals surface area contributed by atoms with Gasteiger partial charge in [0.1, 0.15) is 0 Å². The van der Waals surface area contributed by atoms with Crippen LogP contribution in [-0.2, 0) is 13.1 Å². The Morgan fingerprint density at radius 2 is 2.20 bits per heavy atom. The summed E-state index contributed by atoms with van der Waals surface area (Å²) in [5.41, 5.74) is 2.22. The van der Waals surface area contributed by atoms with E-state index in [0.717, 1.165) is 5.56 Å². The van der Waals surface area contributed by atoms with Crippen LogP contribution in [0.2, 0.25) is 5.02 Å². The molecule has 0 unspecified atom stereocenters. The molecule has 0 saturated carbocycles. The molecular formula is C15H17ClN2OS. The number of aryl methyl sites for hydroxylation is 1. The molecule has 0 radical (unpaired) electrons. The lowest BCUT2D eigenvalue weighted by Gasteiger charge is -2.17. The third kappa shape index (κ3) is 3.99. The molecule has 1 heterocycles. The van der Waals surface area contributed by atoms with Gasteiger partial charge in [-0.05, 0) is 41.6 Å². The zero-order chi connectivity index (χ0) is 14.5. The van der Waals surface area contributed by atoms with Crippen molar-refractivity contribution in [1.82, 2.24) is 10.2 Å². The van der Waals surface area contributed by atoms with Crippen molar-refractivity contribution in [3.05, 3.63) is 56.7 Å². The van der Waals surface area contributed by atoms with E-state index >= 15 is 0 Å². The molecule has 0 aliphatic heterocycles. The quantitative estimate of drug-likeness (QED) is 0.908. The molecule has 2 amide bonds. The van der Waals surface area contributed by atoms with Crippen molar-refractivity contribution in [2.45, 2.75) is 20.0 Å². The third-order valence-electron chi connectivity index (χ3n) is 3.03. The number of halogens is 1. The summed E-state index contributed by atoms with van der Waals surface area (Å²) in [6, 6.07) is 9.47. The van der Waals surface area contributed by atoms with Crippen LogP contribution >= 0.6 is 22.9 Å². The molecule has 0 spiro atoms. The topological polar surface area (TPSA) is 32.3 Å². The number of hydrogen-bond donors (Lipinski definition) is 1. The van der Waals surface area contributed by atoms with E-state index in [2.05, 4.69) is 18.3 Å². The minimum absolute atomic E-state index is 0.0854. The molecule has 0 aliphatic carbocycles. The molecule has 20 heavy (non-hydrogen) atoms. The van der Waals surface area contributed by atoms with Crippen molar-refractivity contribution in [2.75, 3.05) is 7.05 Å². The Labute approximate surface area is 128 Å². The largest absolute Gasteiger partial charge is 0.334 e. The molecule has 5 heteroatoms. The molecule has 0 bridgehead atoms. The maximum absolute atomic E-state index is 12.0. The van der Waals surface area contributed by atoms with E-state index < -0.39 is 0 Å². The van der Waals surface area contributed by atoms with Gasteiger partial charge in [0.15, 0.2) is 0 Å². The SMILES string of the molecule is Cc1ccsc1CN(C)C(=O)NCc1cccc(Cl)c1. The second kappa shape index (κ2) is 6.77. The van der Waals surface area contributed by atoms with E-state index in [9.17, 15) is 4.79 Å². The van der Waals surface area contributed by atoms with Crippen LogP contribution < -0.4 is 5.32 Å². The first-order valence-corrected chi connectivity index (χ1v) is 7.58. The van der Waals surface area contributed by atoms with Crippen LogP contribution in [0.15, 0.2) is 35.7 Å². The predicted octanol–water partition coefficient (Wildman–Crippen LogP) is 4.05. The van der Waals surface area contributed by atoms with Gasteiger partial charge in [-0.1, -0.05) is 23.7 Å². The van der Waals surface area contributed by atoms with Crippen molar-refractivity contribution in [3.8, 4) is 0 Å². The first kappa shape index (κ1) is 14.9. The third-order valence-corrected chi connectivity index (χ3v) is 4.27. The van der Waals surface area contributed by atoms with Gasteiger partial charge in [-0.15, -0.1) is 11.3 Å². The smallest absolute Gasteiger partial charge is 0.317 e. The van der Waals surface area contributed by atoms with Crippen molar-refractivity contribution >= 4 is 29.0 Å². The molecule has 1 N–H and O–H groups in total. The summed E-state index contributed by atoms with van der Waals surface area (Å²) < 4.78 is 0. The fourth-order valence-corrected chi connectivity index (χ4v) is 2.98. The van der Waals surface area contributed by atoms with E-state index in [1.165, 1.54) is 10.4 Å². The Bertz CT molecular complexity index is 597. The van der Waals surface area contributed by atoms with Crippen LogP contribution in [0.1, 0.15) is 16.0 Å². The van der Waals surface area contributed by atoms with Gasteiger partial charge >= 0.3 is 6.03 Å². The zero-order valence-electron chi connectivity index (χ0n) is 11.5. The van der Waals surface area contributed by atoms with Gasteiger partial charge < -0.3 is 10.2 Å². The number of benzene rings is 1. The fourth-order valence-electron chi connectivity index (χ4n) is 1.81. The zero-order valence-corrected chi connectivity index (χ0v) is 13.1. The van der Waals surface area contributed by atoms with Crippen molar-refractivity contribution < 1.29 is 4.79 Å². The van der Waals surface area contributed by atoms with Gasteiger partial charge in [-0.25, -0.2) is 4.79 Å². The molecule has 2 rings (SSSR count). The van der Waals surface area contributed by atoms with Crippen molar-refractivity contribution in [2.24, 2.45) is 0 Å². The summed E-state index contributed by atoms with van der Waals surface area (Å²) in [6.45, 7) is 3.17. The Morgan fingerprint density at radius 1 is 1.40 bits per heavy atom. The van der Waals surface area contributed by atoms with E-state index in [-0.39, 0.29) is 6.03 Å². The number of amides is 2. The molecule has 1 aromatic carbocycles. The Balaban J connectivity index is 1.87. The Morgan fingerprint density at radius 3 is 2.85 bits per heavy atom. The second-order valence-corrected chi connectivity index (χ2v) is 6.11. The average Bonchev–Trinajstić information content (AvgIpc) is 2.81. The Hall–Kier alpha value is -1.52. The fraction of sp³-hybridized carbons (Fsp3) is 0.267. The van der Waals surface area contributed by atoms with Gasteiger partial charge in [-0.2, -0.15) is 0 Å². The number of carbonyl (C=O) groups excluding carboxylic acids is 1. The van der Waals surface area contributed by atoms with E-state index in [1.54, 1.807) is 23.3 Å². The number of nitrogens with one attached hydrogen (secondary N) is 1. The highest BCUT2D eigenvalue weighted by molar-refractivity contribution is 7.10. The molecule has 0 fully saturated rings. The summed E-state index contributed by atoms with van der Waals surface area (Å²) in [4.78, 5) is 14.9. The van der Waals surface area contributed by atoms with E-state index in [0.29, 0.717) is 18.1 Å². The average molecular weight is 309 g/mol. The normalized spacial score (nSPS) is 10.3. The minimum atomic E-state index is -0.0854. The molecule has 3 nitrogen and oxygen atoms in total. The summed E-state index contributed by atoms with van der Waals surface area (Å²) >= 11 is 7.59. The van der Waals surface area contributed by atoms with Gasteiger partial charge in [0, 0.05) is 23.5 Å². The number of urea groups is 1. The standard InChI is InChI=1S/C15H17ClN2OS/c1-11-6-7-20-14(11)10-18(2)15(19)17-9-12-4-3-5-13(16)8-12/h3-8H,9-10H2,1-2H3,(H,17,19). The van der Waals surface area contributed by atoms with E-state index in [4.69, 9.17) is 11.6 Å². The van der Waals surface area contributed by atoms with Crippen LogP contribution in [-0.4, -0.2) is 18.0 Å². The molecule has 0 atom stereocenters. The van der Waals surface area contributed by atoms with Gasteiger partial charge in [0.05, 0.1) is 6.54 Å². The minimum Gasteiger partial charge on any atom is -0.334 e. The summed E-state index contributed by atoms with van der Waals surface area (Å²) in [6.07, 6.45) is 0. The summed E-state index contributed by atoms with van der Waals surface area (Å²) in [7, 11) is 1.80. The van der Waals surface area contributed by atoms with Crippen LogP contribution in [0.4, 0.5) is 4.79 Å². The first-order valence-electron chi connectivity index (χ1n) is 6.32. The highest BCUT2D eigenvalue weighted by atomic mass is 35.5. The Kier molecular flexibility index (Phi) is 5.04. The molecular weight excluding hydrogens is 292 g/mol. The monoisotopic (exact) mass is 308 g/mol. The van der Waals surface area contributed by atoms with Gasteiger partial charge in [0.2, 0.25) is 0 Å². The number of carbonyl (C=O) groups is 1.